The number of hydrogen-bond donors (Lipinski definition) is 1. The predicted molar refractivity (Wildman–Crippen MR) is 100 cm³/mol. The summed E-state index contributed by atoms with van der Waals surface area (Å²) in [5.41, 5.74) is 5.81. The highest BCUT2D eigenvalue weighted by Crippen LogP contribution is 2.36. The minimum atomic E-state index is -0.469. The third-order valence-electron chi connectivity index (χ3n) is 4.93. The van der Waals surface area contributed by atoms with E-state index in [4.69, 9.17) is 10.5 Å². The third kappa shape index (κ3) is 3.82. The monoisotopic (exact) mass is 364 g/mol. The van der Waals surface area contributed by atoms with Crippen molar-refractivity contribution in [3.63, 3.8) is 0 Å². The molecule has 0 saturated carbocycles. The second kappa shape index (κ2) is 7.22. The molecule has 9 nitrogen and oxygen atoms in total. The second-order valence-corrected chi connectivity index (χ2v) is 7.85. The highest BCUT2D eigenvalue weighted by molar-refractivity contribution is 5.71. The zero-order chi connectivity index (χ0) is 19.0. The van der Waals surface area contributed by atoms with Crippen LogP contribution in [0.4, 0.5) is 23.3 Å². The molecule has 2 aliphatic rings. The smallest absolute Gasteiger partial charge is 0.353 e. The number of nitro groups is 1. The van der Waals surface area contributed by atoms with Gasteiger partial charge in [-0.05, 0) is 32.1 Å². The van der Waals surface area contributed by atoms with E-state index in [1.54, 1.807) is 0 Å². The molecule has 3 rings (SSSR count). The maximum Gasteiger partial charge on any atom is 0.353 e. The molecule has 1 aromatic heterocycles. The minimum absolute atomic E-state index is 0.0391. The van der Waals surface area contributed by atoms with Crippen LogP contribution in [0.3, 0.4) is 0 Å². The Morgan fingerprint density at radius 2 is 1.62 bits per heavy atom. The van der Waals surface area contributed by atoms with Gasteiger partial charge in [-0.1, -0.05) is 13.8 Å². The number of nitrogen functional groups attached to an aromatic ring is 1. The summed E-state index contributed by atoms with van der Waals surface area (Å²) in [6.07, 6.45) is 1.19. The number of rotatable bonds is 3. The zero-order valence-corrected chi connectivity index (χ0v) is 15.9. The van der Waals surface area contributed by atoms with Crippen molar-refractivity contribution in [2.45, 2.75) is 46.3 Å². The fraction of sp³-hybridized carbons (Fsp3) is 0.765. The minimum Gasteiger partial charge on any atom is -0.378 e. The Bertz CT molecular complexity index is 665. The van der Waals surface area contributed by atoms with E-state index >= 15 is 0 Å². The largest absolute Gasteiger partial charge is 0.378 e. The SMILES string of the molecule is C[C@H]1C[C@H](C)CN(c2nc(N3C[C@@H](C)O[C@@H](C)C3)nc(N)c2[N+](=O)[O-])C1. The Hall–Kier alpha value is -2.16. The summed E-state index contributed by atoms with van der Waals surface area (Å²) in [6.45, 7) is 11.0. The Kier molecular flexibility index (Phi) is 5.17. The Labute approximate surface area is 153 Å². The molecular weight excluding hydrogens is 336 g/mol. The van der Waals surface area contributed by atoms with Crippen molar-refractivity contribution in [2.24, 2.45) is 11.8 Å². The molecule has 2 saturated heterocycles. The van der Waals surface area contributed by atoms with E-state index in [1.165, 1.54) is 0 Å². The summed E-state index contributed by atoms with van der Waals surface area (Å²) in [5.74, 6) is 1.59. The van der Waals surface area contributed by atoms with Gasteiger partial charge in [-0.2, -0.15) is 9.97 Å². The van der Waals surface area contributed by atoms with Crippen molar-refractivity contribution < 1.29 is 9.66 Å². The van der Waals surface area contributed by atoms with Gasteiger partial charge in [0.25, 0.3) is 0 Å². The average molecular weight is 364 g/mol. The van der Waals surface area contributed by atoms with Crippen LogP contribution in [-0.4, -0.2) is 53.3 Å². The van der Waals surface area contributed by atoms with Crippen LogP contribution in [0.1, 0.15) is 34.1 Å². The lowest BCUT2D eigenvalue weighted by molar-refractivity contribution is -0.383. The van der Waals surface area contributed by atoms with Crippen molar-refractivity contribution >= 4 is 23.3 Å². The molecule has 9 heteroatoms. The molecule has 1 aromatic rings. The van der Waals surface area contributed by atoms with Crippen molar-refractivity contribution in [1.82, 2.24) is 9.97 Å². The van der Waals surface area contributed by atoms with E-state index in [0.717, 1.165) is 19.5 Å². The van der Waals surface area contributed by atoms with Gasteiger partial charge in [-0.15, -0.1) is 0 Å². The normalized spacial score (nSPS) is 29.7. The molecule has 0 bridgehead atoms. The Balaban J connectivity index is 2.01. The van der Waals surface area contributed by atoms with Gasteiger partial charge in [0.2, 0.25) is 17.6 Å². The third-order valence-corrected chi connectivity index (χ3v) is 4.93. The van der Waals surface area contributed by atoms with E-state index in [0.29, 0.717) is 36.7 Å². The summed E-state index contributed by atoms with van der Waals surface area (Å²) in [4.78, 5) is 24.0. The lowest BCUT2D eigenvalue weighted by Gasteiger charge is -2.37. The van der Waals surface area contributed by atoms with Gasteiger partial charge in [-0.25, -0.2) is 0 Å². The molecule has 2 fully saturated rings. The highest BCUT2D eigenvalue weighted by atomic mass is 16.6. The van der Waals surface area contributed by atoms with Crippen LogP contribution in [0.15, 0.2) is 0 Å². The number of nitrogens with two attached hydrogens (primary N) is 1. The molecule has 26 heavy (non-hydrogen) atoms. The molecule has 0 amide bonds. The Morgan fingerprint density at radius 3 is 2.15 bits per heavy atom. The first-order valence-electron chi connectivity index (χ1n) is 9.21. The summed E-state index contributed by atoms with van der Waals surface area (Å²) in [5, 5.41) is 11.6. The molecule has 4 atom stereocenters. The van der Waals surface area contributed by atoms with Gasteiger partial charge in [0.1, 0.15) is 0 Å². The number of anilines is 3. The molecular formula is C17H28N6O3. The highest BCUT2D eigenvalue weighted by Gasteiger charge is 2.33. The first kappa shape index (κ1) is 18.6. The molecule has 0 aromatic carbocycles. The maximum atomic E-state index is 11.6. The van der Waals surface area contributed by atoms with Crippen molar-refractivity contribution in [1.29, 1.82) is 0 Å². The second-order valence-electron chi connectivity index (χ2n) is 7.85. The van der Waals surface area contributed by atoms with Gasteiger partial charge >= 0.3 is 5.69 Å². The molecule has 2 N–H and O–H groups in total. The standard InChI is InChI=1S/C17H28N6O3/c1-10-5-11(2)7-21(6-10)16-14(23(24)25)15(18)19-17(20-16)22-8-12(3)26-13(4)9-22/h10-13H,5-9H2,1-4H3,(H2,18,19,20)/t10-,11-,12-,13+/m0/s1. The van der Waals surface area contributed by atoms with E-state index in [-0.39, 0.29) is 23.7 Å². The van der Waals surface area contributed by atoms with Crippen LogP contribution in [0.5, 0.6) is 0 Å². The summed E-state index contributed by atoms with van der Waals surface area (Å²) < 4.78 is 5.76. The van der Waals surface area contributed by atoms with E-state index in [9.17, 15) is 10.1 Å². The van der Waals surface area contributed by atoms with Crippen LogP contribution in [0, 0.1) is 22.0 Å². The number of aromatic nitrogens is 2. The molecule has 2 aliphatic heterocycles. The number of morpholine rings is 1. The topological polar surface area (TPSA) is 111 Å². The fourth-order valence-electron chi connectivity index (χ4n) is 4.16. The molecule has 0 spiro atoms. The van der Waals surface area contributed by atoms with Gasteiger partial charge in [0, 0.05) is 26.2 Å². The average Bonchev–Trinajstić information content (AvgIpc) is 2.51. The summed E-state index contributed by atoms with van der Waals surface area (Å²) in [7, 11) is 0. The van der Waals surface area contributed by atoms with Crippen LogP contribution >= 0.6 is 0 Å². The number of ether oxygens (including phenoxy) is 1. The van der Waals surface area contributed by atoms with Gasteiger partial charge in [0.15, 0.2) is 0 Å². The van der Waals surface area contributed by atoms with Crippen molar-refractivity contribution in [2.75, 3.05) is 41.7 Å². The van der Waals surface area contributed by atoms with Crippen molar-refractivity contribution in [3.05, 3.63) is 10.1 Å². The molecule has 0 radical (unpaired) electrons. The first-order valence-corrected chi connectivity index (χ1v) is 9.21. The van der Waals surface area contributed by atoms with Crippen molar-refractivity contribution in [3.8, 4) is 0 Å². The fourth-order valence-corrected chi connectivity index (χ4v) is 4.16. The summed E-state index contributed by atoms with van der Waals surface area (Å²) in [6, 6.07) is 0. The molecule has 144 valence electrons. The number of nitrogens with zero attached hydrogens (tertiary/aromatic N) is 5. The van der Waals surface area contributed by atoms with Gasteiger partial charge < -0.3 is 20.3 Å². The van der Waals surface area contributed by atoms with Crippen LogP contribution in [0.25, 0.3) is 0 Å². The van der Waals surface area contributed by atoms with E-state index in [2.05, 4.69) is 23.8 Å². The summed E-state index contributed by atoms with van der Waals surface area (Å²) >= 11 is 0. The van der Waals surface area contributed by atoms with Crippen LogP contribution in [-0.2, 0) is 4.74 Å². The predicted octanol–water partition coefficient (Wildman–Crippen LogP) is 2.06. The van der Waals surface area contributed by atoms with Crippen LogP contribution in [0.2, 0.25) is 0 Å². The molecule has 0 unspecified atom stereocenters. The molecule has 3 heterocycles. The number of hydrogen-bond acceptors (Lipinski definition) is 8. The van der Waals surface area contributed by atoms with Gasteiger partial charge in [0.05, 0.1) is 17.1 Å². The zero-order valence-electron chi connectivity index (χ0n) is 15.9. The maximum absolute atomic E-state index is 11.6. The quantitative estimate of drug-likeness (QED) is 0.641. The van der Waals surface area contributed by atoms with E-state index < -0.39 is 4.92 Å². The lowest BCUT2D eigenvalue weighted by atomic mass is 9.92. The lowest BCUT2D eigenvalue weighted by Crippen LogP contribution is -2.46. The van der Waals surface area contributed by atoms with Gasteiger partial charge in [-0.3, -0.25) is 10.1 Å². The Morgan fingerprint density at radius 1 is 1.04 bits per heavy atom. The molecule has 0 aliphatic carbocycles. The van der Waals surface area contributed by atoms with E-state index in [1.807, 2.05) is 23.6 Å². The van der Waals surface area contributed by atoms with Crippen LogP contribution < -0.4 is 15.5 Å². The number of piperidine rings is 1. The first-order chi connectivity index (χ1) is 12.2.